The standard InChI is InChI=1S/C7H8NO/c1-9-6-7-4-2-3-5-8-7/h2,4-5H,6H2,1H3. The molecule has 0 amide bonds. The Balaban J connectivity index is 2.61. The SMILES string of the molecule is COCc1cc[c]cn1. The van der Waals surface area contributed by atoms with Crippen molar-refractivity contribution in [3.8, 4) is 0 Å². The lowest BCUT2D eigenvalue weighted by atomic mass is 10.4. The number of methoxy groups -OCH3 is 1. The third-order valence-electron chi connectivity index (χ3n) is 0.969. The fraction of sp³-hybridized carbons (Fsp3) is 0.286. The molecule has 1 aromatic heterocycles. The van der Waals surface area contributed by atoms with E-state index in [4.69, 9.17) is 4.74 Å². The number of rotatable bonds is 2. The Kier molecular flexibility index (Phi) is 2.22. The summed E-state index contributed by atoms with van der Waals surface area (Å²) in [5.74, 6) is 0. The minimum atomic E-state index is 0.578. The fourth-order valence-electron chi connectivity index (χ4n) is 0.584. The number of pyridine rings is 1. The molecule has 47 valence electrons. The van der Waals surface area contributed by atoms with Gasteiger partial charge in [0.25, 0.3) is 0 Å². The lowest BCUT2D eigenvalue weighted by Gasteiger charge is -1.94. The van der Waals surface area contributed by atoms with E-state index < -0.39 is 0 Å². The van der Waals surface area contributed by atoms with Gasteiger partial charge < -0.3 is 4.74 Å². The van der Waals surface area contributed by atoms with E-state index in [-0.39, 0.29) is 0 Å². The van der Waals surface area contributed by atoms with Crippen molar-refractivity contribution in [2.24, 2.45) is 0 Å². The highest BCUT2D eigenvalue weighted by Gasteiger charge is 1.86. The van der Waals surface area contributed by atoms with Crippen molar-refractivity contribution in [2.75, 3.05) is 7.11 Å². The summed E-state index contributed by atoms with van der Waals surface area (Å²) in [7, 11) is 1.65. The van der Waals surface area contributed by atoms with Crippen LogP contribution in [0.5, 0.6) is 0 Å². The van der Waals surface area contributed by atoms with Gasteiger partial charge in [0.1, 0.15) is 0 Å². The molecular formula is C7H8NO. The fourth-order valence-corrected chi connectivity index (χ4v) is 0.584. The Morgan fingerprint density at radius 1 is 1.78 bits per heavy atom. The Hall–Kier alpha value is -0.890. The molecule has 0 spiro atoms. The monoisotopic (exact) mass is 122 g/mol. The second kappa shape index (κ2) is 3.20. The van der Waals surface area contributed by atoms with Gasteiger partial charge in [0.05, 0.1) is 12.3 Å². The lowest BCUT2D eigenvalue weighted by Crippen LogP contribution is -1.89. The number of nitrogens with zero attached hydrogens (tertiary/aromatic N) is 1. The first-order valence-electron chi connectivity index (χ1n) is 2.73. The first kappa shape index (κ1) is 6.23. The van der Waals surface area contributed by atoms with Crippen LogP contribution in [0.3, 0.4) is 0 Å². The molecule has 0 aromatic carbocycles. The maximum atomic E-state index is 4.85. The topological polar surface area (TPSA) is 22.1 Å². The molecule has 0 saturated carbocycles. The van der Waals surface area contributed by atoms with E-state index in [9.17, 15) is 0 Å². The van der Waals surface area contributed by atoms with Crippen LogP contribution < -0.4 is 0 Å². The molecular weight excluding hydrogens is 114 g/mol. The van der Waals surface area contributed by atoms with Crippen LogP contribution in [0.2, 0.25) is 0 Å². The highest BCUT2D eigenvalue weighted by atomic mass is 16.5. The van der Waals surface area contributed by atoms with Crippen molar-refractivity contribution >= 4 is 0 Å². The van der Waals surface area contributed by atoms with E-state index >= 15 is 0 Å². The van der Waals surface area contributed by atoms with Gasteiger partial charge >= 0.3 is 0 Å². The summed E-state index contributed by atoms with van der Waals surface area (Å²) >= 11 is 0. The quantitative estimate of drug-likeness (QED) is 0.584. The largest absolute Gasteiger partial charge is 0.378 e. The molecule has 1 radical (unpaired) electrons. The molecule has 1 heterocycles. The van der Waals surface area contributed by atoms with E-state index in [1.165, 1.54) is 0 Å². The zero-order valence-corrected chi connectivity index (χ0v) is 5.29. The molecule has 0 N–H and O–H groups in total. The van der Waals surface area contributed by atoms with Crippen molar-refractivity contribution in [1.29, 1.82) is 0 Å². The molecule has 0 aliphatic carbocycles. The predicted molar refractivity (Wildman–Crippen MR) is 33.8 cm³/mol. The van der Waals surface area contributed by atoms with Gasteiger partial charge in [0.15, 0.2) is 0 Å². The molecule has 0 saturated heterocycles. The number of ether oxygens (including phenoxy) is 1. The summed E-state index contributed by atoms with van der Waals surface area (Å²) in [6, 6.07) is 6.52. The third kappa shape index (κ3) is 1.82. The average molecular weight is 122 g/mol. The number of hydrogen-bond donors (Lipinski definition) is 0. The van der Waals surface area contributed by atoms with Crippen LogP contribution >= 0.6 is 0 Å². The Labute approximate surface area is 54.5 Å². The zero-order valence-electron chi connectivity index (χ0n) is 5.29. The molecule has 0 unspecified atom stereocenters. The van der Waals surface area contributed by atoms with Gasteiger partial charge in [-0.3, -0.25) is 4.98 Å². The normalized spacial score (nSPS) is 9.44. The number of hydrogen-bond acceptors (Lipinski definition) is 2. The summed E-state index contributed by atoms with van der Waals surface area (Å²) in [4.78, 5) is 3.99. The summed E-state index contributed by atoms with van der Waals surface area (Å²) in [5.41, 5.74) is 0.941. The molecule has 9 heavy (non-hydrogen) atoms. The van der Waals surface area contributed by atoms with E-state index in [0.29, 0.717) is 6.61 Å². The maximum Gasteiger partial charge on any atom is 0.0884 e. The molecule has 0 bridgehead atoms. The van der Waals surface area contributed by atoms with Crippen molar-refractivity contribution in [2.45, 2.75) is 6.61 Å². The van der Waals surface area contributed by atoms with Crippen LogP contribution in [-0.2, 0) is 11.3 Å². The number of aromatic nitrogens is 1. The van der Waals surface area contributed by atoms with Gasteiger partial charge in [-0.05, 0) is 6.07 Å². The highest BCUT2D eigenvalue weighted by Crippen LogP contribution is 1.92. The smallest absolute Gasteiger partial charge is 0.0884 e. The molecule has 0 fully saturated rings. The van der Waals surface area contributed by atoms with E-state index in [1.54, 1.807) is 13.3 Å². The Morgan fingerprint density at radius 3 is 3.22 bits per heavy atom. The molecule has 1 rings (SSSR count). The van der Waals surface area contributed by atoms with Crippen LogP contribution in [0.25, 0.3) is 0 Å². The molecule has 1 aromatic rings. The first-order chi connectivity index (χ1) is 4.43. The van der Waals surface area contributed by atoms with Crippen LogP contribution in [0.1, 0.15) is 5.69 Å². The van der Waals surface area contributed by atoms with Gasteiger partial charge in [-0.25, -0.2) is 0 Å². The minimum Gasteiger partial charge on any atom is -0.378 e. The Morgan fingerprint density at radius 2 is 2.67 bits per heavy atom. The highest BCUT2D eigenvalue weighted by molar-refractivity contribution is 5.00. The zero-order chi connectivity index (χ0) is 6.53. The van der Waals surface area contributed by atoms with Gasteiger partial charge in [0, 0.05) is 19.4 Å². The van der Waals surface area contributed by atoms with E-state index in [2.05, 4.69) is 11.1 Å². The van der Waals surface area contributed by atoms with Gasteiger partial charge in [-0.15, -0.1) is 0 Å². The molecule has 0 atom stereocenters. The van der Waals surface area contributed by atoms with Crippen LogP contribution in [-0.4, -0.2) is 12.1 Å². The van der Waals surface area contributed by atoms with Crippen molar-refractivity contribution in [3.05, 3.63) is 30.1 Å². The minimum absolute atomic E-state index is 0.578. The molecule has 2 nitrogen and oxygen atoms in total. The maximum absolute atomic E-state index is 4.85. The van der Waals surface area contributed by atoms with Crippen LogP contribution in [0.15, 0.2) is 18.3 Å². The van der Waals surface area contributed by atoms with Crippen molar-refractivity contribution in [1.82, 2.24) is 4.98 Å². The van der Waals surface area contributed by atoms with Gasteiger partial charge in [-0.2, -0.15) is 0 Å². The Bertz CT molecular complexity index is 162. The predicted octanol–water partition coefficient (Wildman–Crippen LogP) is 1.03. The summed E-state index contributed by atoms with van der Waals surface area (Å²) in [6.45, 7) is 0.578. The summed E-state index contributed by atoms with van der Waals surface area (Å²) in [6.07, 6.45) is 1.63. The molecule has 0 aliphatic heterocycles. The van der Waals surface area contributed by atoms with Crippen molar-refractivity contribution in [3.63, 3.8) is 0 Å². The van der Waals surface area contributed by atoms with E-state index in [0.717, 1.165) is 5.69 Å². The summed E-state index contributed by atoms with van der Waals surface area (Å²) in [5, 5.41) is 0. The third-order valence-corrected chi connectivity index (χ3v) is 0.969. The average Bonchev–Trinajstić information content (AvgIpc) is 1.91. The van der Waals surface area contributed by atoms with Gasteiger partial charge in [-0.1, -0.05) is 6.07 Å². The molecule has 0 aliphatic rings. The summed E-state index contributed by atoms with van der Waals surface area (Å²) < 4.78 is 4.85. The van der Waals surface area contributed by atoms with Gasteiger partial charge in [0.2, 0.25) is 0 Å². The molecule has 2 heteroatoms. The second-order valence-corrected chi connectivity index (χ2v) is 1.68. The van der Waals surface area contributed by atoms with Crippen LogP contribution in [0, 0.1) is 6.07 Å². The van der Waals surface area contributed by atoms with E-state index in [1.807, 2.05) is 12.1 Å². The lowest BCUT2D eigenvalue weighted by molar-refractivity contribution is 0.181. The van der Waals surface area contributed by atoms with Crippen molar-refractivity contribution < 1.29 is 4.74 Å². The first-order valence-corrected chi connectivity index (χ1v) is 2.73. The van der Waals surface area contributed by atoms with Crippen LogP contribution in [0.4, 0.5) is 0 Å². The second-order valence-electron chi connectivity index (χ2n) is 1.68.